The molecule has 0 aliphatic heterocycles. The van der Waals surface area contributed by atoms with Gasteiger partial charge in [0.1, 0.15) is 0 Å². The lowest BCUT2D eigenvalue weighted by molar-refractivity contribution is 0.402. The minimum atomic E-state index is 0.839. The summed E-state index contributed by atoms with van der Waals surface area (Å²) in [4.78, 5) is 2.16. The Morgan fingerprint density at radius 1 is 0.895 bits per heavy atom. The Labute approximate surface area is 125 Å². The molecule has 1 aromatic rings. The summed E-state index contributed by atoms with van der Waals surface area (Å²) >= 11 is 5.51. The van der Waals surface area contributed by atoms with E-state index in [0.717, 1.165) is 12.4 Å². The fraction of sp³-hybridized carbons (Fsp3) is 0.647. The van der Waals surface area contributed by atoms with Crippen LogP contribution in [0, 0.1) is 0 Å². The molecule has 0 N–H and O–H groups in total. The quantitative estimate of drug-likeness (QED) is 0.460. The van der Waals surface area contributed by atoms with Crippen LogP contribution in [0.4, 0.5) is 0 Å². The van der Waals surface area contributed by atoms with Gasteiger partial charge in [-0.15, -0.1) is 11.6 Å². The average molecular weight is 284 g/mol. The number of alkyl halides is 1. The maximum absolute atomic E-state index is 5.51. The number of benzene rings is 1. The second-order valence-corrected chi connectivity index (χ2v) is 5.56. The van der Waals surface area contributed by atoms with Crippen molar-refractivity contribution >= 4 is 11.6 Å². The molecule has 0 unspecified atom stereocenters. The molecule has 0 aliphatic carbocycles. The van der Waals surface area contributed by atoms with E-state index in [0.29, 0.717) is 0 Å². The molecule has 2 heteroatoms. The highest BCUT2D eigenvalue weighted by Gasteiger charge is 1.90. The molecule has 0 aliphatic rings. The van der Waals surface area contributed by atoms with Gasteiger partial charge in [-0.05, 0) is 26.1 Å². The highest BCUT2D eigenvalue weighted by atomic mass is 35.5. The molecule has 1 aromatic carbocycles. The molecule has 0 radical (unpaired) electrons. The smallest absolute Gasteiger partial charge is 0.0227 e. The van der Waals surface area contributed by atoms with Gasteiger partial charge in [-0.25, -0.2) is 0 Å². The predicted octanol–water partition coefficient (Wildman–Crippen LogP) is 5.33. The molecule has 0 aromatic heterocycles. The van der Waals surface area contributed by atoms with Gasteiger partial charge < -0.3 is 4.90 Å². The number of hydrogen-bond acceptors (Lipinski definition) is 1. The monoisotopic (exact) mass is 283 g/mol. The summed E-state index contributed by atoms with van der Waals surface area (Å²) in [5.41, 5.74) is 1.37. The van der Waals surface area contributed by atoms with Crippen LogP contribution in [0.2, 0.25) is 0 Å². The normalized spacial score (nSPS) is 10.2. The van der Waals surface area contributed by atoms with Gasteiger partial charge in [-0.1, -0.05) is 69.4 Å². The van der Waals surface area contributed by atoms with E-state index < -0.39 is 0 Å². The zero-order valence-electron chi connectivity index (χ0n) is 12.9. The third-order valence-corrected chi connectivity index (χ3v) is 3.10. The number of halogens is 1. The summed E-state index contributed by atoms with van der Waals surface area (Å²) < 4.78 is 0. The number of rotatable bonds is 8. The second kappa shape index (κ2) is 13.9. The van der Waals surface area contributed by atoms with E-state index in [-0.39, 0.29) is 0 Å². The van der Waals surface area contributed by atoms with E-state index in [1.807, 2.05) is 6.07 Å². The van der Waals surface area contributed by atoms with Crippen LogP contribution in [0.5, 0.6) is 0 Å². The SMILES string of the molecule is CCCCCCCCCl.CN(C)Cc1ccccc1. The molecular weight excluding hydrogens is 254 g/mol. The van der Waals surface area contributed by atoms with Crippen molar-refractivity contribution < 1.29 is 0 Å². The number of nitrogens with zero attached hydrogens (tertiary/aromatic N) is 1. The maximum atomic E-state index is 5.51. The zero-order chi connectivity index (χ0) is 14.3. The van der Waals surface area contributed by atoms with Crippen molar-refractivity contribution in [1.82, 2.24) is 4.90 Å². The Bertz CT molecular complexity index is 266. The lowest BCUT2D eigenvalue weighted by Crippen LogP contribution is -2.10. The van der Waals surface area contributed by atoms with E-state index in [9.17, 15) is 0 Å². The summed E-state index contributed by atoms with van der Waals surface area (Å²) in [6, 6.07) is 10.5. The topological polar surface area (TPSA) is 3.24 Å². The lowest BCUT2D eigenvalue weighted by Gasteiger charge is -2.08. The van der Waals surface area contributed by atoms with E-state index in [1.54, 1.807) is 0 Å². The van der Waals surface area contributed by atoms with Crippen LogP contribution in [0.1, 0.15) is 51.0 Å². The molecule has 0 saturated heterocycles. The molecule has 0 atom stereocenters. The number of hydrogen-bond donors (Lipinski definition) is 0. The Kier molecular flexibility index (Phi) is 13.5. The van der Waals surface area contributed by atoms with Crippen LogP contribution >= 0.6 is 11.6 Å². The minimum absolute atomic E-state index is 0.839. The van der Waals surface area contributed by atoms with Crippen molar-refractivity contribution in [3.05, 3.63) is 35.9 Å². The van der Waals surface area contributed by atoms with E-state index in [1.165, 1.54) is 44.1 Å². The Hall–Kier alpha value is -0.530. The van der Waals surface area contributed by atoms with Crippen LogP contribution in [0.3, 0.4) is 0 Å². The maximum Gasteiger partial charge on any atom is 0.0227 e. The molecule has 0 spiro atoms. The van der Waals surface area contributed by atoms with Gasteiger partial charge in [0.25, 0.3) is 0 Å². The van der Waals surface area contributed by atoms with Crippen molar-refractivity contribution in [1.29, 1.82) is 0 Å². The van der Waals surface area contributed by atoms with Crippen molar-refractivity contribution in [2.45, 2.75) is 52.0 Å². The minimum Gasteiger partial charge on any atom is -0.305 e. The fourth-order valence-electron chi connectivity index (χ4n) is 1.82. The van der Waals surface area contributed by atoms with E-state index in [4.69, 9.17) is 11.6 Å². The Balaban J connectivity index is 0.000000344. The van der Waals surface area contributed by atoms with Crippen LogP contribution in [0.25, 0.3) is 0 Å². The summed E-state index contributed by atoms with van der Waals surface area (Å²) in [5, 5.41) is 0. The Morgan fingerprint density at radius 3 is 2.00 bits per heavy atom. The summed E-state index contributed by atoms with van der Waals surface area (Å²) in [6.07, 6.45) is 8.02. The molecule has 0 bridgehead atoms. The van der Waals surface area contributed by atoms with Gasteiger partial charge >= 0.3 is 0 Å². The largest absolute Gasteiger partial charge is 0.305 e. The molecule has 1 rings (SSSR count). The molecule has 0 amide bonds. The van der Waals surface area contributed by atoms with Gasteiger partial charge in [-0.2, -0.15) is 0 Å². The lowest BCUT2D eigenvalue weighted by atomic mass is 10.1. The van der Waals surface area contributed by atoms with Gasteiger partial charge in [0, 0.05) is 12.4 Å². The molecule has 1 nitrogen and oxygen atoms in total. The highest BCUT2D eigenvalue weighted by molar-refractivity contribution is 6.17. The van der Waals surface area contributed by atoms with Gasteiger partial charge in [0.15, 0.2) is 0 Å². The van der Waals surface area contributed by atoms with Gasteiger partial charge in [0.2, 0.25) is 0 Å². The first-order chi connectivity index (χ1) is 9.20. The summed E-state index contributed by atoms with van der Waals surface area (Å²) in [6.45, 7) is 3.27. The van der Waals surface area contributed by atoms with Crippen LogP contribution < -0.4 is 0 Å². The third kappa shape index (κ3) is 13.7. The first-order valence-electron chi connectivity index (χ1n) is 7.45. The first-order valence-corrected chi connectivity index (χ1v) is 7.98. The fourth-order valence-corrected chi connectivity index (χ4v) is 2.01. The van der Waals surface area contributed by atoms with Crippen molar-refractivity contribution in [2.75, 3.05) is 20.0 Å². The zero-order valence-corrected chi connectivity index (χ0v) is 13.6. The van der Waals surface area contributed by atoms with Crippen molar-refractivity contribution in [2.24, 2.45) is 0 Å². The second-order valence-electron chi connectivity index (χ2n) is 5.18. The molecular formula is C17H30ClN. The molecule has 0 heterocycles. The summed E-state index contributed by atoms with van der Waals surface area (Å²) in [5.74, 6) is 0.839. The third-order valence-electron chi connectivity index (χ3n) is 2.83. The molecule has 0 saturated carbocycles. The van der Waals surface area contributed by atoms with Crippen LogP contribution in [0.15, 0.2) is 30.3 Å². The van der Waals surface area contributed by atoms with Crippen LogP contribution in [-0.2, 0) is 6.54 Å². The van der Waals surface area contributed by atoms with Gasteiger partial charge in [0.05, 0.1) is 0 Å². The Morgan fingerprint density at radius 2 is 1.47 bits per heavy atom. The standard InChI is InChI=1S/C9H13N.C8H17Cl/c1-10(2)8-9-6-4-3-5-7-9;1-2-3-4-5-6-7-8-9/h3-7H,8H2,1-2H3;2-8H2,1H3. The number of unbranched alkanes of at least 4 members (excludes halogenated alkanes) is 5. The molecule has 110 valence electrons. The first kappa shape index (κ1) is 18.5. The molecule has 19 heavy (non-hydrogen) atoms. The van der Waals surface area contributed by atoms with Gasteiger partial charge in [-0.3, -0.25) is 0 Å². The van der Waals surface area contributed by atoms with E-state index in [2.05, 4.69) is 50.2 Å². The molecule has 0 fully saturated rings. The summed E-state index contributed by atoms with van der Waals surface area (Å²) in [7, 11) is 4.15. The predicted molar refractivity (Wildman–Crippen MR) is 87.9 cm³/mol. The van der Waals surface area contributed by atoms with Crippen molar-refractivity contribution in [3.8, 4) is 0 Å². The van der Waals surface area contributed by atoms with Crippen LogP contribution in [-0.4, -0.2) is 24.9 Å². The highest BCUT2D eigenvalue weighted by Crippen LogP contribution is 2.04. The average Bonchev–Trinajstić information content (AvgIpc) is 2.40. The van der Waals surface area contributed by atoms with Crippen molar-refractivity contribution in [3.63, 3.8) is 0 Å². The van der Waals surface area contributed by atoms with E-state index >= 15 is 0 Å².